The lowest BCUT2D eigenvalue weighted by Gasteiger charge is -2.26. The van der Waals surface area contributed by atoms with Gasteiger partial charge in [0.05, 0.1) is 62.2 Å². The summed E-state index contributed by atoms with van der Waals surface area (Å²) in [5.74, 6) is 1.72. The molecule has 4 fully saturated rings. The largest absolute Gasteiger partial charge is 0.488 e. The van der Waals surface area contributed by atoms with Gasteiger partial charge in [0.2, 0.25) is 0 Å². The van der Waals surface area contributed by atoms with E-state index < -0.39 is 0 Å². The number of nitrogens with zero attached hydrogens (tertiary/aromatic N) is 2. The fourth-order valence-corrected chi connectivity index (χ4v) is 4.20. The molecular formula is C26H32N2O6. The summed E-state index contributed by atoms with van der Waals surface area (Å²) >= 11 is 0. The lowest BCUT2D eigenvalue weighted by molar-refractivity contribution is 0.217. The van der Waals surface area contributed by atoms with Gasteiger partial charge in [-0.25, -0.2) is 0 Å². The summed E-state index contributed by atoms with van der Waals surface area (Å²) < 4.78 is 34.3. The molecule has 6 rings (SSSR count). The summed E-state index contributed by atoms with van der Waals surface area (Å²) in [5.41, 5.74) is 2.16. The van der Waals surface area contributed by atoms with Crippen molar-refractivity contribution < 1.29 is 28.4 Å². The number of anilines is 2. The van der Waals surface area contributed by atoms with Gasteiger partial charge < -0.3 is 38.2 Å². The van der Waals surface area contributed by atoms with Crippen molar-refractivity contribution in [2.24, 2.45) is 0 Å². The van der Waals surface area contributed by atoms with Crippen LogP contribution in [0.2, 0.25) is 0 Å². The topological polar surface area (TPSA) is 75.1 Å². The fourth-order valence-electron chi connectivity index (χ4n) is 4.20. The SMILES string of the molecule is c1ccc(N(CC2CO2)CC2CO2)c(OCCOc2ccccc2N(CC2CO2)CC2CO2)c1. The average molecular weight is 469 g/mol. The first-order valence-electron chi connectivity index (χ1n) is 12.2. The lowest BCUT2D eigenvalue weighted by atomic mass is 10.2. The van der Waals surface area contributed by atoms with Crippen molar-refractivity contribution in [1.29, 1.82) is 0 Å². The highest BCUT2D eigenvalue weighted by molar-refractivity contribution is 5.60. The van der Waals surface area contributed by atoms with Crippen molar-refractivity contribution in [3.63, 3.8) is 0 Å². The summed E-state index contributed by atoms with van der Waals surface area (Å²) in [5, 5.41) is 0. The van der Waals surface area contributed by atoms with E-state index in [1.807, 2.05) is 36.4 Å². The zero-order valence-electron chi connectivity index (χ0n) is 19.3. The maximum atomic E-state index is 6.19. The third-order valence-electron chi connectivity index (χ3n) is 6.32. The van der Waals surface area contributed by atoms with E-state index in [1.165, 1.54) is 0 Å². The third kappa shape index (κ3) is 6.13. The Morgan fingerprint density at radius 2 is 0.882 bits per heavy atom. The Kier molecular flexibility index (Phi) is 6.46. The van der Waals surface area contributed by atoms with Crippen LogP contribution in [0.4, 0.5) is 11.4 Å². The Morgan fingerprint density at radius 3 is 1.21 bits per heavy atom. The van der Waals surface area contributed by atoms with Crippen LogP contribution < -0.4 is 19.3 Å². The number of ether oxygens (including phenoxy) is 6. The van der Waals surface area contributed by atoms with Crippen LogP contribution >= 0.6 is 0 Å². The minimum Gasteiger partial charge on any atom is -0.488 e. The van der Waals surface area contributed by atoms with Crippen LogP contribution in [0.5, 0.6) is 11.5 Å². The predicted molar refractivity (Wildman–Crippen MR) is 127 cm³/mol. The number of epoxide rings is 4. The van der Waals surface area contributed by atoms with Gasteiger partial charge in [-0.05, 0) is 24.3 Å². The number of para-hydroxylation sites is 4. The zero-order valence-corrected chi connectivity index (χ0v) is 19.3. The van der Waals surface area contributed by atoms with Crippen LogP contribution in [0.3, 0.4) is 0 Å². The van der Waals surface area contributed by atoms with Crippen LogP contribution in [0.15, 0.2) is 48.5 Å². The Bertz CT molecular complexity index is 852. The molecule has 0 spiro atoms. The number of benzene rings is 2. The maximum absolute atomic E-state index is 6.19. The first-order chi connectivity index (χ1) is 16.8. The molecule has 2 aromatic rings. The Labute approximate surface area is 200 Å². The molecule has 4 atom stereocenters. The van der Waals surface area contributed by atoms with E-state index in [1.54, 1.807) is 0 Å². The number of hydrogen-bond donors (Lipinski definition) is 0. The smallest absolute Gasteiger partial charge is 0.142 e. The first kappa shape index (κ1) is 22.0. The summed E-state index contributed by atoms with van der Waals surface area (Å²) in [7, 11) is 0. The zero-order chi connectivity index (χ0) is 22.7. The van der Waals surface area contributed by atoms with Crippen molar-refractivity contribution in [1.82, 2.24) is 0 Å². The molecule has 8 heteroatoms. The number of hydrogen-bond acceptors (Lipinski definition) is 8. The van der Waals surface area contributed by atoms with Gasteiger partial charge in [0.15, 0.2) is 0 Å². The van der Waals surface area contributed by atoms with Gasteiger partial charge in [-0.15, -0.1) is 0 Å². The van der Waals surface area contributed by atoms with Crippen LogP contribution in [-0.4, -0.2) is 90.2 Å². The van der Waals surface area contributed by atoms with E-state index in [0.717, 1.165) is 75.5 Å². The van der Waals surface area contributed by atoms with Gasteiger partial charge in [-0.3, -0.25) is 0 Å². The maximum Gasteiger partial charge on any atom is 0.142 e. The van der Waals surface area contributed by atoms with Crippen molar-refractivity contribution in [2.45, 2.75) is 24.4 Å². The molecule has 0 N–H and O–H groups in total. The standard InChI is InChI=1S/C26H32N2O6/c1-3-7-25(23(5-1)27(11-19-15-31-19)12-20-16-32-20)29-9-10-30-26-8-4-2-6-24(26)28(13-21-17-33-21)14-22-18-34-22/h1-8,19-22H,9-18H2. The molecule has 8 nitrogen and oxygen atoms in total. The van der Waals surface area contributed by atoms with Gasteiger partial charge in [0.1, 0.15) is 24.7 Å². The summed E-state index contributed by atoms with van der Waals surface area (Å²) in [6.07, 6.45) is 1.21. The second-order valence-corrected chi connectivity index (χ2v) is 9.26. The van der Waals surface area contributed by atoms with E-state index in [0.29, 0.717) is 37.6 Å². The van der Waals surface area contributed by atoms with Crippen LogP contribution in [0.25, 0.3) is 0 Å². The second-order valence-electron chi connectivity index (χ2n) is 9.26. The van der Waals surface area contributed by atoms with Gasteiger partial charge in [-0.2, -0.15) is 0 Å². The molecule has 2 aromatic carbocycles. The monoisotopic (exact) mass is 468 g/mol. The molecule has 182 valence electrons. The minimum absolute atomic E-state index is 0.302. The normalized spacial score (nSPS) is 26.0. The third-order valence-corrected chi connectivity index (χ3v) is 6.32. The summed E-state index contributed by atoms with van der Waals surface area (Å²) in [6.45, 7) is 7.65. The Balaban J connectivity index is 1.07. The van der Waals surface area contributed by atoms with Crippen molar-refractivity contribution in [3.05, 3.63) is 48.5 Å². The molecule has 0 radical (unpaired) electrons. The van der Waals surface area contributed by atoms with Crippen LogP contribution in [-0.2, 0) is 18.9 Å². The van der Waals surface area contributed by atoms with Crippen molar-refractivity contribution >= 4 is 11.4 Å². The van der Waals surface area contributed by atoms with E-state index in [-0.39, 0.29) is 0 Å². The van der Waals surface area contributed by atoms with Crippen molar-refractivity contribution in [3.8, 4) is 11.5 Å². The molecule has 4 aliphatic heterocycles. The lowest BCUT2D eigenvalue weighted by Crippen LogP contribution is -2.32. The molecular weight excluding hydrogens is 436 g/mol. The van der Waals surface area contributed by atoms with Crippen LogP contribution in [0, 0.1) is 0 Å². The van der Waals surface area contributed by atoms with E-state index in [2.05, 4.69) is 21.9 Å². The Morgan fingerprint density at radius 1 is 0.559 bits per heavy atom. The first-order valence-corrected chi connectivity index (χ1v) is 12.2. The van der Waals surface area contributed by atoms with E-state index in [9.17, 15) is 0 Å². The molecule has 0 aliphatic carbocycles. The number of rotatable bonds is 15. The Hall–Kier alpha value is -2.52. The van der Waals surface area contributed by atoms with E-state index in [4.69, 9.17) is 28.4 Å². The summed E-state index contributed by atoms with van der Waals surface area (Å²) in [4.78, 5) is 4.64. The molecule has 4 unspecified atom stereocenters. The second kappa shape index (κ2) is 10.00. The van der Waals surface area contributed by atoms with Gasteiger partial charge in [0, 0.05) is 26.2 Å². The molecule has 0 aromatic heterocycles. The molecule has 34 heavy (non-hydrogen) atoms. The van der Waals surface area contributed by atoms with Crippen LogP contribution in [0.1, 0.15) is 0 Å². The molecule has 4 aliphatic rings. The minimum atomic E-state index is 0.302. The highest BCUT2D eigenvalue weighted by Crippen LogP contribution is 2.33. The molecule has 4 saturated heterocycles. The molecule has 0 saturated carbocycles. The fraction of sp³-hybridized carbons (Fsp3) is 0.538. The van der Waals surface area contributed by atoms with E-state index >= 15 is 0 Å². The van der Waals surface area contributed by atoms with Gasteiger partial charge in [-0.1, -0.05) is 24.3 Å². The highest BCUT2D eigenvalue weighted by atomic mass is 16.6. The molecule has 4 heterocycles. The highest BCUT2D eigenvalue weighted by Gasteiger charge is 2.33. The average Bonchev–Trinajstić information content (AvgIpc) is 3.69. The quantitative estimate of drug-likeness (QED) is 0.291. The molecule has 0 bridgehead atoms. The summed E-state index contributed by atoms with van der Waals surface area (Å²) in [6, 6.07) is 16.4. The van der Waals surface area contributed by atoms with Gasteiger partial charge >= 0.3 is 0 Å². The molecule has 0 amide bonds. The van der Waals surface area contributed by atoms with Gasteiger partial charge in [0.25, 0.3) is 0 Å². The van der Waals surface area contributed by atoms with Crippen molar-refractivity contribution in [2.75, 3.05) is 75.6 Å². The predicted octanol–water partition coefficient (Wildman–Crippen LogP) is 2.35.